The molecule has 0 spiro atoms. The molecule has 18 nitrogen and oxygen atoms in total. The fourth-order valence-corrected chi connectivity index (χ4v) is 8.61. The second kappa shape index (κ2) is 24.5. The number of aromatic nitrogens is 6. The first-order valence-corrected chi connectivity index (χ1v) is 26.9. The van der Waals surface area contributed by atoms with Crippen molar-refractivity contribution in [2.75, 3.05) is 28.4 Å². The van der Waals surface area contributed by atoms with Crippen LogP contribution in [0.2, 0.25) is 0 Å². The summed E-state index contributed by atoms with van der Waals surface area (Å²) in [6.07, 6.45) is 10.7. The maximum atomic E-state index is 12.5. The fraction of sp³-hybridized carbons (Fsp3) is 0.386. The van der Waals surface area contributed by atoms with Gasteiger partial charge in [-0.3, -0.25) is 9.59 Å². The number of rotatable bonds is 9. The first kappa shape index (κ1) is 61.4. The SMILES string of the molecule is Brc1cnc2[nH]ccc2c1.CC1(C)OB(B2OC(C)(C)C(C)(C)O2)OC1(C)C.CC1(C)OB(c2cnc3[nH]ccc3c2)OC1(C)C.COc1ccc(C(=O)Cl)cc1OC.COc1ccc(C(=O)c2cnc3[nH]ccc3c2)cc1OC. The van der Waals surface area contributed by atoms with Crippen LogP contribution in [0.15, 0.2) is 114 Å². The molecule has 11 rings (SSSR count). The molecule has 0 amide bonds. The van der Waals surface area contributed by atoms with Gasteiger partial charge in [0.25, 0.3) is 5.24 Å². The highest BCUT2D eigenvalue weighted by Crippen LogP contribution is 2.43. The van der Waals surface area contributed by atoms with Crippen molar-refractivity contribution in [1.82, 2.24) is 29.9 Å². The second-order valence-electron chi connectivity index (χ2n) is 22.0. The van der Waals surface area contributed by atoms with Crippen LogP contribution in [0.1, 0.15) is 109 Å². The molecular formula is C57H69B3BrClN6O12. The van der Waals surface area contributed by atoms with Crippen LogP contribution in [0, 0.1) is 0 Å². The summed E-state index contributed by atoms with van der Waals surface area (Å²) in [5, 5.41) is 2.60. The van der Waals surface area contributed by atoms with Gasteiger partial charge in [0, 0.05) is 80.0 Å². The topological polar surface area (TPSA) is 212 Å². The molecule has 9 heterocycles. The lowest BCUT2D eigenvalue weighted by Crippen LogP contribution is -2.41. The summed E-state index contributed by atoms with van der Waals surface area (Å²) in [4.78, 5) is 45.1. The molecule has 3 N–H and O–H groups in total. The zero-order valence-electron chi connectivity index (χ0n) is 48.1. The average Bonchev–Trinajstić information content (AvgIpc) is 4.32. The summed E-state index contributed by atoms with van der Waals surface area (Å²) in [6.45, 7) is 24.4. The van der Waals surface area contributed by atoms with Crippen LogP contribution in [0.5, 0.6) is 23.0 Å². The normalized spacial score (nSPS) is 17.7. The van der Waals surface area contributed by atoms with Crippen molar-refractivity contribution >= 4 is 98.3 Å². The second-order valence-corrected chi connectivity index (χ2v) is 23.2. The smallest absolute Gasteiger partial charge is 0.493 e. The van der Waals surface area contributed by atoms with E-state index < -0.39 is 19.3 Å². The number of nitrogens with one attached hydrogen (secondary N) is 3. The summed E-state index contributed by atoms with van der Waals surface area (Å²) >= 11 is 8.63. The molecular weight excluding hydrogens is 1110 g/mol. The number of benzene rings is 2. The highest BCUT2D eigenvalue weighted by atomic mass is 79.9. The Morgan fingerprint density at radius 3 is 1.27 bits per heavy atom. The van der Waals surface area contributed by atoms with Gasteiger partial charge >= 0.3 is 21.1 Å². The van der Waals surface area contributed by atoms with Gasteiger partial charge in [-0.25, -0.2) is 15.0 Å². The van der Waals surface area contributed by atoms with Gasteiger partial charge in [-0.05, 0) is 183 Å². The molecule has 3 saturated heterocycles. The Kier molecular flexibility index (Phi) is 18.8. The molecule has 0 radical (unpaired) electrons. The van der Waals surface area contributed by atoms with Crippen molar-refractivity contribution in [2.45, 2.75) is 117 Å². The maximum absolute atomic E-state index is 12.5. The number of nitrogens with zero attached hydrogens (tertiary/aromatic N) is 3. The molecule has 80 heavy (non-hydrogen) atoms. The largest absolute Gasteiger partial charge is 0.496 e. The molecule has 8 aromatic rings. The van der Waals surface area contributed by atoms with E-state index in [1.165, 1.54) is 20.3 Å². The molecule has 6 aromatic heterocycles. The van der Waals surface area contributed by atoms with Gasteiger partial charge in [-0.15, -0.1) is 0 Å². The van der Waals surface area contributed by atoms with Crippen molar-refractivity contribution in [3.05, 3.63) is 131 Å². The number of carbonyl (C=O) groups is 2. The van der Waals surface area contributed by atoms with Crippen LogP contribution in [0.4, 0.5) is 0 Å². The van der Waals surface area contributed by atoms with E-state index in [0.29, 0.717) is 39.7 Å². The van der Waals surface area contributed by atoms with Gasteiger partial charge in [0.2, 0.25) is 0 Å². The van der Waals surface area contributed by atoms with Gasteiger partial charge in [-0.2, -0.15) is 0 Å². The summed E-state index contributed by atoms with van der Waals surface area (Å²) in [5.41, 5.74) is 2.93. The number of halogens is 2. The number of pyridine rings is 3. The first-order chi connectivity index (χ1) is 37.5. The number of methoxy groups -OCH3 is 4. The summed E-state index contributed by atoms with van der Waals surface area (Å²) in [6, 6.07) is 21.6. The summed E-state index contributed by atoms with van der Waals surface area (Å²) in [5.74, 6) is 2.08. The highest BCUT2D eigenvalue weighted by molar-refractivity contribution is 9.10. The third kappa shape index (κ3) is 13.7. The third-order valence-corrected chi connectivity index (χ3v) is 15.6. The lowest BCUT2D eigenvalue weighted by atomic mass is 9.49. The van der Waals surface area contributed by atoms with Gasteiger partial charge in [0.15, 0.2) is 28.8 Å². The zero-order chi connectivity index (χ0) is 58.6. The van der Waals surface area contributed by atoms with Gasteiger partial charge in [-0.1, -0.05) is 0 Å². The Hall–Kier alpha value is -6.23. The van der Waals surface area contributed by atoms with E-state index in [4.69, 9.17) is 58.5 Å². The third-order valence-electron chi connectivity index (χ3n) is 15.0. The molecule has 0 aliphatic carbocycles. The molecule has 422 valence electrons. The number of H-pyrrole nitrogens is 3. The predicted octanol–water partition coefficient (Wildman–Crippen LogP) is 11.3. The molecule has 0 saturated carbocycles. The van der Waals surface area contributed by atoms with E-state index in [1.807, 2.05) is 98.1 Å². The van der Waals surface area contributed by atoms with Crippen molar-refractivity contribution < 1.29 is 56.5 Å². The van der Waals surface area contributed by atoms with E-state index in [0.717, 1.165) is 43.0 Å². The van der Waals surface area contributed by atoms with E-state index in [1.54, 1.807) is 69.3 Å². The predicted molar refractivity (Wildman–Crippen MR) is 317 cm³/mol. The van der Waals surface area contributed by atoms with Crippen LogP contribution in [0.25, 0.3) is 33.1 Å². The molecule has 0 atom stereocenters. The number of aromatic amines is 3. The standard InChI is InChI=1S/C16H14N2O3.C13H17BN2O2.C12H24B2O4.C9H9ClO3.C7H5BrN2/c1-20-13-4-3-10(8-14(13)21-2)15(19)12-7-11-5-6-17-16(11)18-9-12;1-12(2)13(3,4)18-14(17-12)10-7-9-5-6-15-11(9)16-8-10;1-9(2)10(3,4)16-13(15-9)14-17-11(5,6)12(7,8)18-14;1-12-7-4-3-6(9(10)11)5-8(7)13-2;8-6-3-5-1-2-9-7(5)10-4-6/h3-9H,1-2H3,(H,17,18);5-8H,1-4H3,(H,15,16);1-8H3;3-5H,1-2H3;1-4H,(H,9,10). The molecule has 3 fully saturated rings. The minimum Gasteiger partial charge on any atom is -0.493 e. The number of carbonyl (C=O) groups excluding carboxylic acids is 2. The van der Waals surface area contributed by atoms with E-state index >= 15 is 0 Å². The Morgan fingerprint density at radius 1 is 0.463 bits per heavy atom. The van der Waals surface area contributed by atoms with Crippen molar-refractivity contribution in [3.8, 4) is 23.0 Å². The maximum Gasteiger partial charge on any atom is 0.496 e. The summed E-state index contributed by atoms with van der Waals surface area (Å²) in [7, 11) is 4.83. The van der Waals surface area contributed by atoms with E-state index in [2.05, 4.69) is 79.6 Å². The van der Waals surface area contributed by atoms with Crippen molar-refractivity contribution in [2.24, 2.45) is 0 Å². The summed E-state index contributed by atoms with van der Waals surface area (Å²) < 4.78 is 57.2. The van der Waals surface area contributed by atoms with Crippen LogP contribution in [-0.2, 0) is 27.9 Å². The van der Waals surface area contributed by atoms with Gasteiger partial charge in [0.1, 0.15) is 16.9 Å². The van der Waals surface area contributed by atoms with Gasteiger partial charge < -0.3 is 61.8 Å². The molecule has 23 heteroatoms. The minimum atomic E-state index is -0.513. The molecule has 0 bridgehead atoms. The van der Waals surface area contributed by atoms with Crippen LogP contribution >= 0.6 is 27.5 Å². The minimum absolute atomic E-state index is 0.105. The zero-order valence-corrected chi connectivity index (χ0v) is 50.5. The Bertz CT molecular complexity index is 3380. The molecule has 0 unspecified atom stereocenters. The van der Waals surface area contributed by atoms with Crippen LogP contribution in [0.3, 0.4) is 0 Å². The lowest BCUT2D eigenvalue weighted by Gasteiger charge is -2.32. The monoisotopic (exact) mass is 1180 g/mol. The lowest BCUT2D eigenvalue weighted by molar-refractivity contribution is 0.00578. The molecule has 3 aliphatic heterocycles. The number of hydrogen-bond acceptors (Lipinski definition) is 15. The number of hydrogen-bond donors (Lipinski definition) is 3. The molecule has 2 aromatic carbocycles. The average molecular weight is 1180 g/mol. The van der Waals surface area contributed by atoms with Crippen molar-refractivity contribution in [1.29, 1.82) is 0 Å². The van der Waals surface area contributed by atoms with E-state index in [9.17, 15) is 9.59 Å². The van der Waals surface area contributed by atoms with Crippen molar-refractivity contribution in [3.63, 3.8) is 0 Å². The van der Waals surface area contributed by atoms with E-state index in [-0.39, 0.29) is 46.5 Å². The molecule has 3 aliphatic rings. The number of ketones is 1. The quantitative estimate of drug-likeness (QED) is 0.0697. The Morgan fingerprint density at radius 2 is 0.838 bits per heavy atom. The first-order valence-electron chi connectivity index (χ1n) is 25.7. The fourth-order valence-electron chi connectivity index (χ4n) is 8.14. The Labute approximate surface area is 481 Å². The highest BCUT2D eigenvalue weighted by Gasteiger charge is 2.63. The van der Waals surface area contributed by atoms with Crippen LogP contribution in [-0.4, -0.2) is 124 Å². The van der Waals surface area contributed by atoms with Gasteiger partial charge in [0.05, 0.1) is 62.0 Å². The Balaban J connectivity index is 0.000000147. The van der Waals surface area contributed by atoms with Crippen LogP contribution < -0.4 is 24.4 Å². The number of ether oxygens (including phenoxy) is 4. The number of fused-ring (bicyclic) bond motifs is 3.